The first-order valence-electron chi connectivity index (χ1n) is 8.92. The number of sulfonamides is 1. The van der Waals surface area contributed by atoms with Gasteiger partial charge in [-0.1, -0.05) is 6.07 Å². The highest BCUT2D eigenvalue weighted by molar-refractivity contribution is 7.91. The first kappa shape index (κ1) is 30.1. The molecule has 0 saturated carbocycles. The topological polar surface area (TPSA) is 237 Å². The predicted octanol–water partition coefficient (Wildman–Crippen LogP) is 2.48. The molecule has 1 unspecified atom stereocenters. The van der Waals surface area contributed by atoms with Crippen LogP contribution in [0.3, 0.4) is 0 Å². The number of thiazole rings is 1. The third kappa shape index (κ3) is 6.60. The summed E-state index contributed by atoms with van der Waals surface area (Å²) >= 11 is 0.714. The normalized spacial score (nSPS) is 12.0. The molecule has 9 N–H and O–H groups in total. The van der Waals surface area contributed by atoms with Crippen LogP contribution in [0.5, 0.6) is 11.5 Å². The van der Waals surface area contributed by atoms with Crippen molar-refractivity contribution in [3.05, 3.63) is 59.5 Å². The summed E-state index contributed by atoms with van der Waals surface area (Å²) < 4.78 is 63.1. The van der Waals surface area contributed by atoms with Crippen molar-refractivity contribution >= 4 is 29.0 Å². The van der Waals surface area contributed by atoms with Gasteiger partial charge in [0.05, 0.1) is 31.8 Å². The van der Waals surface area contributed by atoms with Gasteiger partial charge in [0.25, 0.3) is 10.0 Å². The van der Waals surface area contributed by atoms with Gasteiger partial charge < -0.3 is 36.1 Å². The number of hydrogen-bond donors (Lipinski definition) is 3. The Morgan fingerprint density at radius 1 is 1.14 bits per heavy atom. The molecular weight excluding hydrogens is 524 g/mol. The zero-order valence-electron chi connectivity index (χ0n) is 19.0. The maximum atomic E-state index is 13.9. The Kier molecular flexibility index (Phi) is 10.0. The van der Waals surface area contributed by atoms with Gasteiger partial charge in [-0.2, -0.15) is 9.98 Å². The molecule has 0 aliphatic heterocycles. The maximum absolute atomic E-state index is 13.9. The van der Waals surface area contributed by atoms with Gasteiger partial charge in [-0.15, -0.1) is 11.3 Å². The number of ether oxygens (including phenoxy) is 2. The first-order chi connectivity index (χ1) is 15.5. The van der Waals surface area contributed by atoms with Crippen LogP contribution in [-0.2, 0) is 14.6 Å². The lowest BCUT2D eigenvalue weighted by Crippen LogP contribution is -2.34. The minimum absolute atomic E-state index is 0. The molecule has 1 heterocycles. The Morgan fingerprint density at radius 3 is 2.34 bits per heavy atom. The summed E-state index contributed by atoms with van der Waals surface area (Å²) in [5.74, 6) is -2.56. The average molecular weight is 548 g/mol. The van der Waals surface area contributed by atoms with Crippen molar-refractivity contribution in [1.82, 2.24) is 22.0 Å². The molecule has 16 heteroatoms. The summed E-state index contributed by atoms with van der Waals surface area (Å²) in [6.07, 6.45) is 0.996. The van der Waals surface area contributed by atoms with Crippen molar-refractivity contribution in [2.24, 2.45) is 0 Å². The van der Waals surface area contributed by atoms with Crippen LogP contribution in [0.4, 0.5) is 4.39 Å². The second-order valence-corrected chi connectivity index (χ2v) is 11.0. The lowest BCUT2D eigenvalue weighted by Gasteiger charge is -2.38. The van der Waals surface area contributed by atoms with Crippen molar-refractivity contribution in [3.63, 3.8) is 0 Å². The lowest BCUT2D eigenvalue weighted by molar-refractivity contribution is -0.317. The van der Waals surface area contributed by atoms with Crippen LogP contribution in [0.15, 0.2) is 46.8 Å². The molecule has 0 aliphatic rings. The van der Waals surface area contributed by atoms with Crippen LogP contribution in [-0.4, -0.2) is 27.6 Å². The van der Waals surface area contributed by atoms with Gasteiger partial charge >= 0.3 is 0 Å². The van der Waals surface area contributed by atoms with Crippen molar-refractivity contribution in [2.75, 3.05) is 14.2 Å². The van der Waals surface area contributed by atoms with E-state index < -0.39 is 40.3 Å². The molecule has 0 radical (unpaired) electrons. The highest BCUT2D eigenvalue weighted by atomic mass is 32.2. The summed E-state index contributed by atoms with van der Waals surface area (Å²) in [6.45, 7) is 0. The summed E-state index contributed by atoms with van der Waals surface area (Å²) in [5.41, 5.74) is -0.356. The van der Waals surface area contributed by atoms with E-state index in [2.05, 4.69) is 4.98 Å². The van der Waals surface area contributed by atoms with E-state index in [-0.39, 0.29) is 21.5 Å². The molecule has 12 nitrogen and oxygen atoms in total. The minimum Gasteiger partial charge on any atom is -0.809 e. The minimum atomic E-state index is -5.62. The number of nitriles is 1. The van der Waals surface area contributed by atoms with Gasteiger partial charge in [0.2, 0.25) is 0 Å². The zero-order valence-corrected chi connectivity index (χ0v) is 21.5. The van der Waals surface area contributed by atoms with Crippen LogP contribution in [0.2, 0.25) is 0 Å². The Bertz CT molecular complexity index is 1390. The van der Waals surface area contributed by atoms with E-state index in [9.17, 15) is 27.2 Å². The molecule has 35 heavy (non-hydrogen) atoms. The lowest BCUT2D eigenvalue weighted by atomic mass is 10.1. The molecule has 3 rings (SSSR count). The van der Waals surface area contributed by atoms with Crippen molar-refractivity contribution in [3.8, 4) is 28.1 Å². The number of aromatic nitrogens is 1. The smallest absolute Gasteiger partial charge is 0.252 e. The van der Waals surface area contributed by atoms with Gasteiger partial charge in [-0.25, -0.2) is 17.8 Å². The predicted molar refractivity (Wildman–Crippen MR) is 124 cm³/mol. The Balaban J connectivity index is 0.00000306. The molecule has 1 atom stereocenters. The molecule has 2 aromatic carbocycles. The molecule has 0 spiro atoms. The van der Waals surface area contributed by atoms with E-state index in [1.807, 2.05) is 0 Å². The molecule has 190 valence electrons. The van der Waals surface area contributed by atoms with E-state index >= 15 is 0 Å². The number of benzene rings is 2. The van der Waals surface area contributed by atoms with Gasteiger partial charge in [0.15, 0.2) is 15.7 Å². The van der Waals surface area contributed by atoms with E-state index in [1.54, 1.807) is 29.0 Å². The van der Waals surface area contributed by atoms with Gasteiger partial charge in [0, 0.05) is 5.56 Å². The number of nitrogens with one attached hydrogen (secondary N) is 1. The van der Waals surface area contributed by atoms with Crippen LogP contribution in [0.1, 0.15) is 16.9 Å². The quantitative estimate of drug-likeness (QED) is 0.350. The SMILES string of the molecule is COc1ccc(-c2ncc(S(=O)(=O)NC(c3ccc(C#N)c(F)c3)P(=O)([O-])[O-])s2)cc1OC.[NH4+].[NH4+]. The maximum Gasteiger partial charge on any atom is 0.252 e. The Hall–Kier alpha value is -2.93. The summed E-state index contributed by atoms with van der Waals surface area (Å²) in [5, 5.41) is 9.07. The summed E-state index contributed by atoms with van der Waals surface area (Å²) in [7, 11) is -7.27. The Labute approximate surface area is 204 Å². The summed E-state index contributed by atoms with van der Waals surface area (Å²) in [4.78, 5) is 27.6. The van der Waals surface area contributed by atoms with Crippen molar-refractivity contribution < 1.29 is 36.6 Å². The molecule has 0 fully saturated rings. The number of rotatable bonds is 8. The molecule has 0 bridgehead atoms. The van der Waals surface area contributed by atoms with E-state index in [0.717, 1.165) is 18.3 Å². The van der Waals surface area contributed by atoms with E-state index in [4.69, 9.17) is 14.7 Å². The third-order valence-electron chi connectivity index (χ3n) is 4.39. The van der Waals surface area contributed by atoms with E-state index in [0.29, 0.717) is 34.5 Å². The van der Waals surface area contributed by atoms with Crippen LogP contribution < -0.4 is 36.3 Å². The number of nitrogens with zero attached hydrogens (tertiary/aromatic N) is 2. The number of halogens is 1. The zero-order chi connectivity index (χ0) is 24.4. The van der Waals surface area contributed by atoms with E-state index in [1.165, 1.54) is 14.2 Å². The fourth-order valence-corrected chi connectivity index (χ4v) is 6.46. The standard InChI is InChI=1S/C19H17FN3O7PS2.2H3N/c1-29-15-6-5-12(8-16(15)30-2)19-22-10-17(32-19)33(27,28)23-18(31(24,25)26)11-3-4-13(9-21)14(20)7-11;;/h3-8,10,18,23H,1-2H3,(H2,24,25,26);2*1H3. The van der Waals surface area contributed by atoms with Crippen LogP contribution >= 0.6 is 18.9 Å². The fraction of sp³-hybridized carbons (Fsp3) is 0.158. The number of methoxy groups -OCH3 is 2. The van der Waals surface area contributed by atoms with Gasteiger partial charge in [-0.3, -0.25) is 0 Å². The molecule has 1 aromatic heterocycles. The number of quaternary nitrogens is 2. The van der Waals surface area contributed by atoms with Gasteiger partial charge in [0.1, 0.15) is 16.9 Å². The summed E-state index contributed by atoms with van der Waals surface area (Å²) in [6, 6.07) is 8.90. The molecule has 0 amide bonds. The molecule has 0 aliphatic carbocycles. The second kappa shape index (κ2) is 11.7. The van der Waals surface area contributed by atoms with Crippen LogP contribution in [0, 0.1) is 17.1 Å². The highest BCUT2D eigenvalue weighted by Crippen LogP contribution is 2.44. The van der Waals surface area contributed by atoms with Crippen molar-refractivity contribution in [1.29, 1.82) is 5.26 Å². The number of hydrogen-bond acceptors (Lipinski definition) is 10. The third-order valence-corrected chi connectivity index (χ3v) is 8.56. The molecule has 0 saturated heterocycles. The Morgan fingerprint density at radius 2 is 1.80 bits per heavy atom. The molecular formula is C19H23FN5O7PS2. The fourth-order valence-electron chi connectivity index (χ4n) is 2.80. The molecule has 3 aromatic rings. The highest BCUT2D eigenvalue weighted by Gasteiger charge is 2.27. The largest absolute Gasteiger partial charge is 0.809 e. The second-order valence-electron chi connectivity index (χ2n) is 6.47. The van der Waals surface area contributed by atoms with Crippen LogP contribution in [0.25, 0.3) is 10.6 Å². The monoisotopic (exact) mass is 547 g/mol. The average Bonchev–Trinajstić information content (AvgIpc) is 3.27. The van der Waals surface area contributed by atoms with Gasteiger partial charge in [-0.05, 0) is 43.5 Å². The first-order valence-corrected chi connectivity index (χ1v) is 12.8. The van der Waals surface area contributed by atoms with Crippen molar-refractivity contribution in [2.45, 2.75) is 9.99 Å².